The second kappa shape index (κ2) is 6.06. The van der Waals surface area contributed by atoms with Crippen LogP contribution in [0.2, 0.25) is 0 Å². The molecular formula is C15H21BrN2O. The van der Waals surface area contributed by atoms with Crippen LogP contribution in [0.1, 0.15) is 32.3 Å². The maximum Gasteiger partial charge on any atom is 0.240 e. The van der Waals surface area contributed by atoms with E-state index >= 15 is 0 Å². The average Bonchev–Trinajstić information content (AvgIpc) is 2.83. The molecule has 1 aromatic rings. The lowest BCUT2D eigenvalue weighted by Crippen LogP contribution is -2.31. The standard InChI is InChI=1S/C15H21BrN2O/c1-15(2,16)14(19)17-13-8-4-3-7-12(13)11-18-9-5-6-10-18/h3-4,7-8H,5-6,9-11H2,1-2H3,(H,17,19). The third kappa shape index (κ3) is 4.05. The lowest BCUT2D eigenvalue weighted by molar-refractivity contribution is -0.117. The minimum absolute atomic E-state index is 0.0126. The van der Waals surface area contributed by atoms with E-state index in [4.69, 9.17) is 0 Å². The third-order valence-corrected chi connectivity index (χ3v) is 3.76. The molecule has 0 spiro atoms. The highest BCUT2D eigenvalue weighted by Crippen LogP contribution is 2.23. The van der Waals surface area contributed by atoms with Crippen LogP contribution in [0.5, 0.6) is 0 Å². The molecule has 0 saturated carbocycles. The number of anilines is 1. The molecule has 1 aliphatic rings. The van der Waals surface area contributed by atoms with Crippen molar-refractivity contribution in [3.05, 3.63) is 29.8 Å². The van der Waals surface area contributed by atoms with E-state index in [9.17, 15) is 4.79 Å². The molecule has 1 fully saturated rings. The van der Waals surface area contributed by atoms with Gasteiger partial charge in [0, 0.05) is 12.2 Å². The third-order valence-electron chi connectivity index (χ3n) is 3.40. The quantitative estimate of drug-likeness (QED) is 0.861. The Morgan fingerprint density at radius 1 is 1.32 bits per heavy atom. The van der Waals surface area contributed by atoms with Crippen molar-refractivity contribution in [2.45, 2.75) is 37.6 Å². The minimum Gasteiger partial charge on any atom is -0.325 e. The van der Waals surface area contributed by atoms with Crippen LogP contribution in [0.25, 0.3) is 0 Å². The Hall–Kier alpha value is -0.870. The van der Waals surface area contributed by atoms with Crippen molar-refractivity contribution in [2.24, 2.45) is 0 Å². The number of carbonyl (C=O) groups is 1. The van der Waals surface area contributed by atoms with Crippen LogP contribution in [0.15, 0.2) is 24.3 Å². The van der Waals surface area contributed by atoms with E-state index in [1.807, 2.05) is 32.0 Å². The summed E-state index contributed by atoms with van der Waals surface area (Å²) in [4.78, 5) is 14.5. The maximum atomic E-state index is 12.1. The van der Waals surface area contributed by atoms with Crippen molar-refractivity contribution in [3.8, 4) is 0 Å². The number of hydrogen-bond donors (Lipinski definition) is 1. The average molecular weight is 325 g/mol. The Kier molecular flexibility index (Phi) is 4.63. The van der Waals surface area contributed by atoms with Gasteiger partial charge in [0.2, 0.25) is 5.91 Å². The molecule has 2 rings (SSSR count). The molecule has 0 bridgehead atoms. The van der Waals surface area contributed by atoms with Gasteiger partial charge in [0.1, 0.15) is 0 Å². The number of halogens is 1. The highest BCUT2D eigenvalue weighted by molar-refractivity contribution is 9.10. The molecule has 4 heteroatoms. The molecule has 1 heterocycles. The zero-order chi connectivity index (χ0) is 13.9. The van der Waals surface area contributed by atoms with Crippen LogP contribution < -0.4 is 5.32 Å². The summed E-state index contributed by atoms with van der Waals surface area (Å²) in [6, 6.07) is 8.06. The Balaban J connectivity index is 2.09. The number of alkyl halides is 1. The van der Waals surface area contributed by atoms with Crippen LogP contribution in [0.4, 0.5) is 5.69 Å². The molecule has 1 amide bonds. The normalized spacial score (nSPS) is 16.6. The number of benzene rings is 1. The molecule has 0 unspecified atom stereocenters. The number of hydrogen-bond acceptors (Lipinski definition) is 2. The molecule has 1 aromatic carbocycles. The lowest BCUT2D eigenvalue weighted by atomic mass is 10.1. The number of rotatable bonds is 4. The summed E-state index contributed by atoms with van der Waals surface area (Å²) in [7, 11) is 0. The van der Waals surface area contributed by atoms with Crippen LogP contribution in [-0.4, -0.2) is 28.2 Å². The van der Waals surface area contributed by atoms with Crippen LogP contribution in [-0.2, 0) is 11.3 Å². The number of likely N-dealkylation sites (tertiary alicyclic amines) is 1. The first-order chi connectivity index (χ1) is 8.97. The van der Waals surface area contributed by atoms with Gasteiger partial charge < -0.3 is 5.32 Å². The van der Waals surface area contributed by atoms with Gasteiger partial charge in [-0.1, -0.05) is 34.1 Å². The van der Waals surface area contributed by atoms with Gasteiger partial charge >= 0.3 is 0 Å². The fourth-order valence-corrected chi connectivity index (χ4v) is 2.33. The Labute approximate surface area is 123 Å². The fourth-order valence-electron chi connectivity index (χ4n) is 2.23. The van der Waals surface area contributed by atoms with E-state index < -0.39 is 4.32 Å². The lowest BCUT2D eigenvalue weighted by Gasteiger charge is -2.20. The molecule has 1 aliphatic heterocycles. The Bertz CT molecular complexity index is 448. The minimum atomic E-state index is -0.548. The van der Waals surface area contributed by atoms with Crippen LogP contribution in [0, 0.1) is 0 Å². The molecule has 0 atom stereocenters. The first-order valence-electron chi connectivity index (χ1n) is 6.77. The summed E-state index contributed by atoms with van der Waals surface area (Å²) in [5.74, 6) is -0.0126. The number of para-hydroxylation sites is 1. The van der Waals surface area contributed by atoms with Gasteiger partial charge in [0.05, 0.1) is 4.32 Å². The van der Waals surface area contributed by atoms with Crippen molar-refractivity contribution in [1.29, 1.82) is 0 Å². The number of nitrogens with one attached hydrogen (secondary N) is 1. The molecular weight excluding hydrogens is 304 g/mol. The summed E-state index contributed by atoms with van der Waals surface area (Å²) >= 11 is 3.39. The van der Waals surface area contributed by atoms with Gasteiger partial charge in [0.15, 0.2) is 0 Å². The van der Waals surface area contributed by atoms with Crippen molar-refractivity contribution in [3.63, 3.8) is 0 Å². The Morgan fingerprint density at radius 2 is 1.95 bits per heavy atom. The van der Waals surface area contributed by atoms with Gasteiger partial charge in [-0.05, 0) is 51.4 Å². The van der Waals surface area contributed by atoms with Crippen molar-refractivity contribution in [1.82, 2.24) is 4.90 Å². The van der Waals surface area contributed by atoms with Crippen molar-refractivity contribution in [2.75, 3.05) is 18.4 Å². The van der Waals surface area contributed by atoms with E-state index in [1.165, 1.54) is 18.4 Å². The summed E-state index contributed by atoms with van der Waals surface area (Å²) < 4.78 is -0.548. The predicted octanol–water partition coefficient (Wildman–Crippen LogP) is 3.39. The summed E-state index contributed by atoms with van der Waals surface area (Å²) in [5, 5.41) is 3.01. The van der Waals surface area contributed by atoms with Gasteiger partial charge in [-0.15, -0.1) is 0 Å². The molecule has 0 aromatic heterocycles. The first-order valence-corrected chi connectivity index (χ1v) is 7.57. The van der Waals surface area contributed by atoms with E-state index in [0.717, 1.165) is 25.3 Å². The summed E-state index contributed by atoms with van der Waals surface area (Å²) in [5.41, 5.74) is 2.11. The van der Waals surface area contributed by atoms with Crippen LogP contribution >= 0.6 is 15.9 Å². The first kappa shape index (κ1) is 14.5. The number of nitrogens with zero attached hydrogens (tertiary/aromatic N) is 1. The SMILES string of the molecule is CC(C)(Br)C(=O)Nc1ccccc1CN1CCCC1. The predicted molar refractivity (Wildman–Crippen MR) is 82.6 cm³/mol. The smallest absolute Gasteiger partial charge is 0.240 e. The molecule has 19 heavy (non-hydrogen) atoms. The van der Waals surface area contributed by atoms with Gasteiger partial charge in [-0.2, -0.15) is 0 Å². The molecule has 0 radical (unpaired) electrons. The Morgan fingerprint density at radius 3 is 2.58 bits per heavy atom. The topological polar surface area (TPSA) is 32.3 Å². The maximum absolute atomic E-state index is 12.1. The van der Waals surface area contributed by atoms with Crippen molar-refractivity contribution >= 4 is 27.5 Å². The number of amides is 1. The summed E-state index contributed by atoms with van der Waals surface area (Å²) in [6.45, 7) is 6.94. The fraction of sp³-hybridized carbons (Fsp3) is 0.533. The van der Waals surface area contributed by atoms with Crippen molar-refractivity contribution < 1.29 is 4.79 Å². The zero-order valence-electron chi connectivity index (χ0n) is 11.6. The summed E-state index contributed by atoms with van der Waals surface area (Å²) in [6.07, 6.45) is 2.56. The molecule has 0 aliphatic carbocycles. The molecule has 1 saturated heterocycles. The highest BCUT2D eigenvalue weighted by atomic mass is 79.9. The van der Waals surface area contributed by atoms with E-state index in [-0.39, 0.29) is 5.91 Å². The molecule has 1 N–H and O–H groups in total. The van der Waals surface area contributed by atoms with E-state index in [1.54, 1.807) is 0 Å². The van der Waals surface area contributed by atoms with E-state index in [0.29, 0.717) is 0 Å². The second-order valence-electron chi connectivity index (χ2n) is 5.57. The monoisotopic (exact) mass is 324 g/mol. The van der Waals surface area contributed by atoms with Crippen LogP contribution in [0.3, 0.4) is 0 Å². The zero-order valence-corrected chi connectivity index (χ0v) is 13.2. The van der Waals surface area contributed by atoms with Gasteiger partial charge in [-0.3, -0.25) is 9.69 Å². The molecule has 104 valence electrons. The van der Waals surface area contributed by atoms with E-state index in [2.05, 4.69) is 32.2 Å². The van der Waals surface area contributed by atoms with Gasteiger partial charge in [-0.25, -0.2) is 0 Å². The number of carbonyl (C=O) groups excluding carboxylic acids is 1. The second-order valence-corrected chi connectivity index (χ2v) is 7.55. The largest absolute Gasteiger partial charge is 0.325 e. The van der Waals surface area contributed by atoms with Gasteiger partial charge in [0.25, 0.3) is 0 Å². The highest BCUT2D eigenvalue weighted by Gasteiger charge is 2.24. The molecule has 3 nitrogen and oxygen atoms in total.